The standard InChI is InChI=1S/C9H14N6O3/c1-5(2)14-6(16)3-11-9-7(15(17)18)8(10)12-4-13-9/h4-5H,3H2,1-2H3,(H,14,16)(H3,10,11,12,13). The van der Waals surface area contributed by atoms with Gasteiger partial charge in [0.1, 0.15) is 6.33 Å². The maximum absolute atomic E-state index is 11.4. The van der Waals surface area contributed by atoms with Gasteiger partial charge in [0, 0.05) is 6.04 Å². The van der Waals surface area contributed by atoms with Crippen LogP contribution in [0.25, 0.3) is 0 Å². The van der Waals surface area contributed by atoms with E-state index in [9.17, 15) is 14.9 Å². The molecule has 1 amide bonds. The Morgan fingerprint density at radius 1 is 1.56 bits per heavy atom. The molecular formula is C9H14N6O3. The molecule has 4 N–H and O–H groups in total. The fourth-order valence-corrected chi connectivity index (χ4v) is 1.24. The lowest BCUT2D eigenvalue weighted by Gasteiger charge is -2.09. The number of anilines is 2. The number of nitrogens with zero attached hydrogens (tertiary/aromatic N) is 3. The Labute approximate surface area is 103 Å². The minimum Gasteiger partial charge on any atom is -0.378 e. The second-order valence-corrected chi connectivity index (χ2v) is 3.79. The van der Waals surface area contributed by atoms with Crippen molar-refractivity contribution in [2.45, 2.75) is 19.9 Å². The Hall–Kier alpha value is -2.45. The zero-order valence-corrected chi connectivity index (χ0v) is 10.0. The number of hydrogen-bond acceptors (Lipinski definition) is 7. The number of aromatic nitrogens is 2. The summed E-state index contributed by atoms with van der Waals surface area (Å²) in [5, 5.41) is 16.0. The number of nitrogen functional groups attached to an aromatic ring is 1. The van der Waals surface area contributed by atoms with Gasteiger partial charge in [-0.3, -0.25) is 14.9 Å². The van der Waals surface area contributed by atoms with Gasteiger partial charge in [-0.15, -0.1) is 0 Å². The Kier molecular flexibility index (Phi) is 4.35. The average molecular weight is 254 g/mol. The molecule has 0 saturated carbocycles. The summed E-state index contributed by atoms with van der Waals surface area (Å²) >= 11 is 0. The quantitative estimate of drug-likeness (QED) is 0.493. The molecule has 1 aromatic rings. The van der Waals surface area contributed by atoms with E-state index in [2.05, 4.69) is 20.6 Å². The van der Waals surface area contributed by atoms with Gasteiger partial charge in [0.05, 0.1) is 11.5 Å². The molecule has 0 saturated heterocycles. The first-order chi connectivity index (χ1) is 8.41. The summed E-state index contributed by atoms with van der Waals surface area (Å²) in [5.74, 6) is -0.621. The molecule has 0 unspecified atom stereocenters. The molecule has 9 nitrogen and oxygen atoms in total. The number of nitro groups is 1. The van der Waals surface area contributed by atoms with Crippen LogP contribution in [0.4, 0.5) is 17.3 Å². The number of carbonyl (C=O) groups is 1. The summed E-state index contributed by atoms with van der Waals surface area (Å²) in [5.41, 5.74) is 4.94. The Morgan fingerprint density at radius 3 is 2.78 bits per heavy atom. The van der Waals surface area contributed by atoms with Crippen LogP contribution >= 0.6 is 0 Å². The fourth-order valence-electron chi connectivity index (χ4n) is 1.24. The van der Waals surface area contributed by atoms with Gasteiger partial charge in [-0.05, 0) is 13.8 Å². The van der Waals surface area contributed by atoms with Gasteiger partial charge < -0.3 is 16.4 Å². The minimum atomic E-state index is -0.696. The highest BCUT2D eigenvalue weighted by atomic mass is 16.6. The second-order valence-electron chi connectivity index (χ2n) is 3.79. The molecule has 1 heterocycles. The van der Waals surface area contributed by atoms with Gasteiger partial charge in [0.2, 0.25) is 17.5 Å². The SMILES string of the molecule is CC(C)NC(=O)CNc1ncnc(N)c1[N+](=O)[O-]. The van der Waals surface area contributed by atoms with E-state index in [4.69, 9.17) is 5.73 Å². The number of rotatable bonds is 5. The van der Waals surface area contributed by atoms with Crippen molar-refractivity contribution in [3.8, 4) is 0 Å². The van der Waals surface area contributed by atoms with E-state index in [0.717, 1.165) is 6.33 Å². The van der Waals surface area contributed by atoms with Crippen LogP contribution in [0.15, 0.2) is 6.33 Å². The van der Waals surface area contributed by atoms with Crippen molar-refractivity contribution in [1.82, 2.24) is 15.3 Å². The first-order valence-corrected chi connectivity index (χ1v) is 5.20. The lowest BCUT2D eigenvalue weighted by atomic mass is 10.4. The summed E-state index contributed by atoms with van der Waals surface area (Å²) in [6, 6.07) is -0.00949. The van der Waals surface area contributed by atoms with Crippen LogP contribution in [0.1, 0.15) is 13.8 Å². The van der Waals surface area contributed by atoms with Crippen LogP contribution in [0.2, 0.25) is 0 Å². The van der Waals surface area contributed by atoms with E-state index in [0.29, 0.717) is 0 Å². The molecule has 0 aliphatic rings. The molecule has 0 radical (unpaired) electrons. The van der Waals surface area contributed by atoms with Crippen molar-refractivity contribution in [3.63, 3.8) is 0 Å². The third kappa shape index (κ3) is 3.54. The molecule has 0 aromatic carbocycles. The number of carbonyl (C=O) groups excluding carboxylic acids is 1. The van der Waals surface area contributed by atoms with Gasteiger partial charge >= 0.3 is 5.69 Å². The van der Waals surface area contributed by atoms with E-state index >= 15 is 0 Å². The van der Waals surface area contributed by atoms with E-state index in [1.165, 1.54) is 0 Å². The molecule has 18 heavy (non-hydrogen) atoms. The third-order valence-corrected chi connectivity index (χ3v) is 1.90. The van der Waals surface area contributed by atoms with Crippen LogP contribution < -0.4 is 16.4 Å². The first-order valence-electron chi connectivity index (χ1n) is 5.20. The topological polar surface area (TPSA) is 136 Å². The summed E-state index contributed by atoms with van der Waals surface area (Å²) < 4.78 is 0. The van der Waals surface area contributed by atoms with E-state index in [1.807, 2.05) is 13.8 Å². The molecule has 1 rings (SSSR count). The number of amides is 1. The van der Waals surface area contributed by atoms with E-state index in [1.54, 1.807) is 0 Å². The molecule has 0 bridgehead atoms. The minimum absolute atomic E-state index is 0.00949. The van der Waals surface area contributed by atoms with Crippen molar-refractivity contribution in [3.05, 3.63) is 16.4 Å². The average Bonchev–Trinajstić information content (AvgIpc) is 2.24. The normalized spacial score (nSPS) is 10.2. The highest BCUT2D eigenvalue weighted by Crippen LogP contribution is 2.25. The van der Waals surface area contributed by atoms with Crippen molar-refractivity contribution in [1.29, 1.82) is 0 Å². The maximum atomic E-state index is 11.4. The molecule has 0 aliphatic carbocycles. The smallest absolute Gasteiger partial charge is 0.352 e. The molecule has 0 fully saturated rings. The predicted octanol–water partition coefficient (Wildman–Crippen LogP) is -0.0965. The summed E-state index contributed by atoms with van der Waals surface area (Å²) in [6.45, 7) is 3.49. The van der Waals surface area contributed by atoms with Crippen molar-refractivity contribution in [2.24, 2.45) is 0 Å². The third-order valence-electron chi connectivity index (χ3n) is 1.90. The number of hydrogen-bond donors (Lipinski definition) is 3. The van der Waals surface area contributed by atoms with Gasteiger partial charge in [-0.2, -0.15) is 0 Å². The van der Waals surface area contributed by atoms with Crippen molar-refractivity contribution in [2.75, 3.05) is 17.6 Å². The largest absolute Gasteiger partial charge is 0.378 e. The predicted molar refractivity (Wildman–Crippen MR) is 64.9 cm³/mol. The molecule has 0 spiro atoms. The lowest BCUT2D eigenvalue weighted by Crippen LogP contribution is -2.35. The monoisotopic (exact) mass is 254 g/mol. The van der Waals surface area contributed by atoms with Crippen molar-refractivity contribution < 1.29 is 9.72 Å². The molecule has 1 aromatic heterocycles. The molecular weight excluding hydrogens is 240 g/mol. The van der Waals surface area contributed by atoms with Gasteiger partial charge in [0.15, 0.2) is 0 Å². The van der Waals surface area contributed by atoms with E-state index < -0.39 is 10.6 Å². The highest BCUT2D eigenvalue weighted by Gasteiger charge is 2.21. The van der Waals surface area contributed by atoms with Crippen LogP contribution in [-0.2, 0) is 4.79 Å². The number of nitrogens with one attached hydrogen (secondary N) is 2. The zero-order chi connectivity index (χ0) is 13.7. The van der Waals surface area contributed by atoms with Gasteiger partial charge in [-0.1, -0.05) is 0 Å². The van der Waals surface area contributed by atoms with Gasteiger partial charge in [0.25, 0.3) is 0 Å². The lowest BCUT2D eigenvalue weighted by molar-refractivity contribution is -0.383. The number of nitrogens with two attached hydrogens (primary N) is 1. The summed E-state index contributed by atoms with van der Waals surface area (Å²) in [6.07, 6.45) is 1.09. The fraction of sp³-hybridized carbons (Fsp3) is 0.444. The van der Waals surface area contributed by atoms with Crippen LogP contribution in [0.5, 0.6) is 0 Å². The molecule has 9 heteroatoms. The van der Waals surface area contributed by atoms with Crippen molar-refractivity contribution >= 4 is 23.2 Å². The Bertz CT molecular complexity index is 462. The van der Waals surface area contributed by atoms with Crippen LogP contribution in [-0.4, -0.2) is 33.4 Å². The summed E-state index contributed by atoms with van der Waals surface area (Å²) in [7, 11) is 0. The first kappa shape index (κ1) is 13.6. The van der Waals surface area contributed by atoms with Crippen LogP contribution in [0, 0.1) is 10.1 Å². The van der Waals surface area contributed by atoms with E-state index in [-0.39, 0.29) is 30.1 Å². The van der Waals surface area contributed by atoms with Crippen LogP contribution in [0.3, 0.4) is 0 Å². The molecule has 0 atom stereocenters. The molecule has 98 valence electrons. The second kappa shape index (κ2) is 5.75. The highest BCUT2D eigenvalue weighted by molar-refractivity contribution is 5.82. The summed E-state index contributed by atoms with van der Waals surface area (Å²) in [4.78, 5) is 28.7. The Balaban J connectivity index is 2.76. The van der Waals surface area contributed by atoms with Gasteiger partial charge in [-0.25, -0.2) is 9.97 Å². The maximum Gasteiger partial charge on any atom is 0.352 e. The zero-order valence-electron chi connectivity index (χ0n) is 10.0. The molecule has 0 aliphatic heterocycles. The Morgan fingerprint density at radius 2 is 2.22 bits per heavy atom.